The van der Waals surface area contributed by atoms with Crippen molar-refractivity contribution in [1.29, 1.82) is 0 Å². The average Bonchev–Trinajstić information content (AvgIpc) is 2.99. The first-order valence-corrected chi connectivity index (χ1v) is 9.02. The topological polar surface area (TPSA) is 49.4 Å². The molecule has 2 aliphatic rings. The van der Waals surface area contributed by atoms with Gasteiger partial charge in [0.05, 0.1) is 5.75 Å². The third kappa shape index (κ3) is 2.12. The van der Waals surface area contributed by atoms with Crippen LogP contribution in [0.4, 0.5) is 11.4 Å². The third-order valence-corrected chi connectivity index (χ3v) is 6.06. The number of fused-ring (bicyclic) bond motifs is 2. The van der Waals surface area contributed by atoms with Gasteiger partial charge in [0.2, 0.25) is 10.8 Å². The molecule has 4 nitrogen and oxygen atoms in total. The minimum atomic E-state index is -1.08. The van der Waals surface area contributed by atoms with Gasteiger partial charge in [0.1, 0.15) is 0 Å². The number of rotatable bonds is 1. The molecular formula is C16H10BrClN2O2S. The summed E-state index contributed by atoms with van der Waals surface area (Å²) in [5.41, 5.74) is 2.13. The Morgan fingerprint density at radius 2 is 2.04 bits per heavy atom. The molecule has 0 bridgehead atoms. The minimum absolute atomic E-state index is 0.111. The third-order valence-electron chi connectivity index (χ3n) is 3.94. The zero-order chi connectivity index (χ0) is 16.2. The second-order valence-corrected chi connectivity index (χ2v) is 7.81. The molecule has 116 valence electrons. The van der Waals surface area contributed by atoms with Gasteiger partial charge in [0.15, 0.2) is 0 Å². The Kier molecular flexibility index (Phi) is 3.44. The Morgan fingerprint density at radius 3 is 2.83 bits per heavy atom. The number of thioether (sulfide) groups is 1. The maximum Gasteiger partial charge on any atom is 0.266 e. The first-order valence-electron chi connectivity index (χ1n) is 6.86. The van der Waals surface area contributed by atoms with Crippen molar-refractivity contribution in [1.82, 2.24) is 0 Å². The van der Waals surface area contributed by atoms with Gasteiger partial charge in [-0.3, -0.25) is 14.5 Å². The number of hydrogen-bond acceptors (Lipinski definition) is 3. The summed E-state index contributed by atoms with van der Waals surface area (Å²) in [7, 11) is 0. The van der Waals surface area contributed by atoms with Crippen LogP contribution in [0.5, 0.6) is 0 Å². The highest BCUT2D eigenvalue weighted by atomic mass is 79.9. The van der Waals surface area contributed by atoms with Crippen LogP contribution in [0.15, 0.2) is 46.9 Å². The van der Waals surface area contributed by atoms with Crippen molar-refractivity contribution in [2.24, 2.45) is 0 Å². The van der Waals surface area contributed by atoms with Crippen LogP contribution in [0.1, 0.15) is 5.56 Å². The second-order valence-electron chi connectivity index (χ2n) is 5.29. The molecule has 1 spiro atoms. The predicted molar refractivity (Wildman–Crippen MR) is 95.8 cm³/mol. The lowest BCUT2D eigenvalue weighted by molar-refractivity contribution is -0.122. The molecule has 2 amide bonds. The zero-order valence-corrected chi connectivity index (χ0v) is 14.8. The summed E-state index contributed by atoms with van der Waals surface area (Å²) in [6.07, 6.45) is 0. The van der Waals surface area contributed by atoms with Gasteiger partial charge in [-0.15, -0.1) is 11.8 Å². The predicted octanol–water partition coefficient (Wildman–Crippen LogP) is 3.99. The van der Waals surface area contributed by atoms with Crippen molar-refractivity contribution >= 4 is 62.5 Å². The number of nitrogens with zero attached hydrogens (tertiary/aromatic N) is 1. The van der Waals surface area contributed by atoms with Crippen LogP contribution < -0.4 is 10.2 Å². The lowest BCUT2D eigenvalue weighted by Crippen LogP contribution is -2.47. The number of anilines is 2. The number of carbonyl (C=O) groups excluding carboxylic acids is 2. The van der Waals surface area contributed by atoms with Gasteiger partial charge >= 0.3 is 0 Å². The van der Waals surface area contributed by atoms with Crippen LogP contribution in [0.2, 0.25) is 5.02 Å². The quantitative estimate of drug-likeness (QED) is 0.775. The fourth-order valence-corrected chi connectivity index (χ4v) is 4.86. The molecule has 2 aromatic carbocycles. The van der Waals surface area contributed by atoms with Gasteiger partial charge in [-0.05, 0) is 36.4 Å². The van der Waals surface area contributed by atoms with Crippen LogP contribution >= 0.6 is 39.3 Å². The van der Waals surface area contributed by atoms with Crippen molar-refractivity contribution in [3.63, 3.8) is 0 Å². The SMILES string of the molecule is O=C1CSC2(C(=O)Nc3ccc(Br)cc32)N1c1cccc(Cl)c1. The maximum absolute atomic E-state index is 12.8. The van der Waals surface area contributed by atoms with Gasteiger partial charge in [-0.25, -0.2) is 0 Å². The van der Waals surface area contributed by atoms with Crippen LogP contribution in [0.3, 0.4) is 0 Å². The Labute approximate surface area is 150 Å². The standard InChI is InChI=1S/C16H10BrClN2O2S/c17-9-4-5-13-12(6-9)16(15(22)19-13)20(14(21)8-23-16)11-3-1-2-10(18)7-11/h1-7H,8H2,(H,19,22). The van der Waals surface area contributed by atoms with Crippen molar-refractivity contribution in [2.45, 2.75) is 4.87 Å². The molecule has 2 heterocycles. The first-order chi connectivity index (χ1) is 11.0. The highest BCUT2D eigenvalue weighted by Crippen LogP contribution is 2.54. The summed E-state index contributed by atoms with van der Waals surface area (Å²) in [5.74, 6) is -0.0759. The minimum Gasteiger partial charge on any atom is -0.323 e. The molecule has 7 heteroatoms. The van der Waals surface area contributed by atoms with E-state index in [1.54, 1.807) is 29.2 Å². The largest absolute Gasteiger partial charge is 0.323 e. The Hall–Kier alpha value is -1.50. The number of benzene rings is 2. The number of halogens is 2. The number of carbonyl (C=O) groups is 2. The van der Waals surface area contributed by atoms with E-state index in [0.29, 0.717) is 10.7 Å². The molecule has 1 unspecified atom stereocenters. The fourth-order valence-electron chi connectivity index (χ4n) is 3.01. The fraction of sp³-hybridized carbons (Fsp3) is 0.125. The average molecular weight is 410 g/mol. The van der Waals surface area contributed by atoms with Crippen LogP contribution in [-0.2, 0) is 14.5 Å². The van der Waals surface area contributed by atoms with Crippen molar-refractivity contribution in [2.75, 3.05) is 16.0 Å². The van der Waals surface area contributed by atoms with E-state index < -0.39 is 4.87 Å². The second kappa shape index (κ2) is 5.26. The van der Waals surface area contributed by atoms with Crippen molar-refractivity contribution in [3.8, 4) is 0 Å². The highest BCUT2D eigenvalue weighted by Gasteiger charge is 2.58. The van der Waals surface area contributed by atoms with Crippen LogP contribution in [0, 0.1) is 0 Å². The molecule has 23 heavy (non-hydrogen) atoms. The molecule has 1 fully saturated rings. The summed E-state index contributed by atoms with van der Waals surface area (Å²) in [6, 6.07) is 12.6. The molecule has 1 atom stereocenters. The van der Waals surface area contributed by atoms with Crippen molar-refractivity contribution in [3.05, 3.63) is 57.5 Å². The van der Waals surface area contributed by atoms with E-state index in [1.165, 1.54) is 11.8 Å². The summed E-state index contributed by atoms with van der Waals surface area (Å²) in [4.78, 5) is 25.8. The smallest absolute Gasteiger partial charge is 0.266 e. The summed E-state index contributed by atoms with van der Waals surface area (Å²) >= 11 is 10.8. The molecule has 0 aromatic heterocycles. The maximum atomic E-state index is 12.8. The Bertz CT molecular complexity index is 860. The lowest BCUT2D eigenvalue weighted by atomic mass is 10.0. The van der Waals surface area contributed by atoms with E-state index in [9.17, 15) is 9.59 Å². The van der Waals surface area contributed by atoms with E-state index in [-0.39, 0.29) is 17.6 Å². The Morgan fingerprint density at radius 1 is 1.22 bits per heavy atom. The summed E-state index contributed by atoms with van der Waals surface area (Å²) in [5, 5.41) is 3.41. The zero-order valence-electron chi connectivity index (χ0n) is 11.7. The van der Waals surface area contributed by atoms with Gasteiger partial charge in [-0.2, -0.15) is 0 Å². The number of hydrogen-bond donors (Lipinski definition) is 1. The molecule has 0 saturated carbocycles. The molecule has 0 aliphatic carbocycles. The van der Waals surface area contributed by atoms with Gasteiger partial charge in [0.25, 0.3) is 5.91 Å². The van der Waals surface area contributed by atoms with Crippen LogP contribution in [0.25, 0.3) is 0 Å². The molecule has 2 aliphatic heterocycles. The molecule has 0 radical (unpaired) electrons. The number of amides is 2. The highest BCUT2D eigenvalue weighted by molar-refractivity contribution is 9.10. The molecule has 2 aromatic rings. The monoisotopic (exact) mass is 408 g/mol. The van der Waals surface area contributed by atoms with E-state index in [2.05, 4.69) is 21.2 Å². The van der Waals surface area contributed by atoms with Crippen LogP contribution in [-0.4, -0.2) is 17.6 Å². The molecule has 1 saturated heterocycles. The first kappa shape index (κ1) is 15.1. The Balaban J connectivity index is 1.95. The van der Waals surface area contributed by atoms with E-state index in [1.807, 2.05) is 18.2 Å². The van der Waals surface area contributed by atoms with E-state index in [0.717, 1.165) is 15.7 Å². The van der Waals surface area contributed by atoms with Crippen molar-refractivity contribution < 1.29 is 9.59 Å². The summed E-state index contributed by atoms with van der Waals surface area (Å²) < 4.78 is 0.859. The lowest BCUT2D eigenvalue weighted by Gasteiger charge is -2.32. The van der Waals surface area contributed by atoms with Gasteiger partial charge in [-0.1, -0.05) is 33.6 Å². The molecule has 1 N–H and O–H groups in total. The normalized spacial score (nSPS) is 22.6. The van der Waals surface area contributed by atoms with E-state index in [4.69, 9.17) is 11.6 Å². The summed E-state index contributed by atoms with van der Waals surface area (Å²) in [6.45, 7) is 0. The van der Waals surface area contributed by atoms with E-state index >= 15 is 0 Å². The van der Waals surface area contributed by atoms with Gasteiger partial charge in [0, 0.05) is 26.4 Å². The molecule has 4 rings (SSSR count). The molecular weight excluding hydrogens is 400 g/mol. The van der Waals surface area contributed by atoms with Gasteiger partial charge < -0.3 is 5.32 Å². The number of nitrogens with one attached hydrogen (secondary N) is 1.